The van der Waals surface area contributed by atoms with Crippen LogP contribution in [0, 0.1) is 5.41 Å². The first-order chi connectivity index (χ1) is 10.9. The first-order valence-electron chi connectivity index (χ1n) is 7.66. The van der Waals surface area contributed by atoms with Gasteiger partial charge in [-0.15, -0.1) is 0 Å². The van der Waals surface area contributed by atoms with Gasteiger partial charge in [-0.25, -0.2) is 9.97 Å². The van der Waals surface area contributed by atoms with E-state index < -0.39 is 0 Å². The number of nitrogens with one attached hydrogen (secondary N) is 1. The molecular weight excluding hydrogens is 292 g/mol. The van der Waals surface area contributed by atoms with E-state index in [-0.39, 0.29) is 17.9 Å². The lowest BCUT2D eigenvalue weighted by molar-refractivity contribution is 0.198. The summed E-state index contributed by atoms with van der Waals surface area (Å²) in [7, 11) is 0. The van der Waals surface area contributed by atoms with Gasteiger partial charge in [0, 0.05) is 36.5 Å². The third-order valence-corrected chi connectivity index (χ3v) is 3.72. The largest absolute Gasteiger partial charge is 0.398 e. The van der Waals surface area contributed by atoms with Gasteiger partial charge in [-0.2, -0.15) is 0 Å². The Morgan fingerprint density at radius 3 is 2.83 bits per heavy atom. The molecule has 0 aliphatic carbocycles. The topological polar surface area (TPSA) is 125 Å². The first-order valence-corrected chi connectivity index (χ1v) is 7.66. The monoisotopic (exact) mass is 316 g/mol. The second-order valence-corrected chi connectivity index (χ2v) is 5.71. The lowest BCUT2D eigenvalue weighted by atomic mass is 10.0. The van der Waals surface area contributed by atoms with E-state index in [9.17, 15) is 5.11 Å². The fourth-order valence-corrected chi connectivity index (χ4v) is 2.49. The molecule has 6 N–H and O–H groups in total. The maximum Gasteiger partial charge on any atom is 0.132 e. The Morgan fingerprint density at radius 2 is 2.26 bits per heavy atom. The van der Waals surface area contributed by atoms with Crippen molar-refractivity contribution in [2.75, 3.05) is 18.0 Å². The zero-order chi connectivity index (χ0) is 17.0. The SMILES string of the molecule is C/C=C(N)\C(=C/C(C)N)C(=N)c1cc(N2CC[C@@H](O)C2)ncn1. The number of nitrogens with two attached hydrogens (primary N) is 2. The summed E-state index contributed by atoms with van der Waals surface area (Å²) in [5, 5.41) is 18.1. The number of aromatic nitrogens is 2. The van der Waals surface area contributed by atoms with Crippen LogP contribution in [0.4, 0.5) is 5.82 Å². The molecule has 0 bridgehead atoms. The van der Waals surface area contributed by atoms with Crippen LogP contribution in [0.15, 0.2) is 35.8 Å². The fourth-order valence-electron chi connectivity index (χ4n) is 2.49. The van der Waals surface area contributed by atoms with E-state index in [2.05, 4.69) is 9.97 Å². The van der Waals surface area contributed by atoms with Gasteiger partial charge in [0.25, 0.3) is 0 Å². The summed E-state index contributed by atoms with van der Waals surface area (Å²) in [6, 6.07) is 1.53. The third-order valence-electron chi connectivity index (χ3n) is 3.72. The molecule has 2 atom stereocenters. The van der Waals surface area contributed by atoms with Crippen molar-refractivity contribution in [3.63, 3.8) is 0 Å². The Bertz CT molecular complexity index is 637. The summed E-state index contributed by atoms with van der Waals surface area (Å²) in [6.07, 6.45) is 5.30. The van der Waals surface area contributed by atoms with Crippen molar-refractivity contribution < 1.29 is 5.11 Å². The Balaban J connectivity index is 2.31. The van der Waals surface area contributed by atoms with Crippen LogP contribution in [0.3, 0.4) is 0 Å². The highest BCUT2D eigenvalue weighted by Crippen LogP contribution is 2.20. The second-order valence-electron chi connectivity index (χ2n) is 5.71. The van der Waals surface area contributed by atoms with E-state index in [0.717, 1.165) is 13.0 Å². The summed E-state index contributed by atoms with van der Waals surface area (Å²) >= 11 is 0. The van der Waals surface area contributed by atoms with Crippen LogP contribution < -0.4 is 16.4 Å². The number of β-amino-alcohol motifs (C(OH)–C–C–N with tert-alkyl or cyclic N) is 1. The Kier molecular flexibility index (Phi) is 5.46. The summed E-state index contributed by atoms with van der Waals surface area (Å²) in [6.45, 7) is 4.93. The molecule has 1 aliphatic heterocycles. The van der Waals surface area contributed by atoms with Crippen molar-refractivity contribution in [2.45, 2.75) is 32.4 Å². The molecule has 0 saturated carbocycles. The molecule has 1 fully saturated rings. The molecule has 0 radical (unpaired) electrons. The summed E-state index contributed by atoms with van der Waals surface area (Å²) < 4.78 is 0. The average Bonchev–Trinajstić information content (AvgIpc) is 2.97. The van der Waals surface area contributed by atoms with Gasteiger partial charge in [0.15, 0.2) is 0 Å². The van der Waals surface area contributed by atoms with Gasteiger partial charge >= 0.3 is 0 Å². The van der Waals surface area contributed by atoms with E-state index in [4.69, 9.17) is 16.9 Å². The van der Waals surface area contributed by atoms with Crippen LogP contribution in [0.25, 0.3) is 0 Å². The van der Waals surface area contributed by atoms with E-state index in [1.807, 2.05) is 18.7 Å². The highest BCUT2D eigenvalue weighted by Gasteiger charge is 2.22. The standard InChI is InChI=1S/C16H24N6O/c1-3-13(18)12(6-10(2)17)16(19)14-7-15(21-9-20-14)22-5-4-11(23)8-22/h3,6-7,9-11,19,23H,4-5,8,17-18H2,1-2H3/b12-6+,13-3+,19-16?/t10?,11-/m1/s1. The van der Waals surface area contributed by atoms with Crippen LogP contribution in [0.2, 0.25) is 0 Å². The minimum absolute atomic E-state index is 0.210. The van der Waals surface area contributed by atoms with E-state index in [1.54, 1.807) is 18.2 Å². The molecule has 1 aromatic rings. The maximum absolute atomic E-state index is 9.66. The van der Waals surface area contributed by atoms with Gasteiger partial charge in [-0.3, -0.25) is 5.41 Å². The van der Waals surface area contributed by atoms with Gasteiger partial charge in [-0.05, 0) is 20.3 Å². The predicted octanol–water partition coefficient (Wildman–Crippen LogP) is 0.552. The lowest BCUT2D eigenvalue weighted by Crippen LogP contribution is -2.23. The predicted molar refractivity (Wildman–Crippen MR) is 91.4 cm³/mol. The number of hydrogen-bond acceptors (Lipinski definition) is 7. The van der Waals surface area contributed by atoms with Crippen molar-refractivity contribution in [3.8, 4) is 0 Å². The maximum atomic E-state index is 9.66. The Labute approximate surface area is 136 Å². The van der Waals surface area contributed by atoms with Gasteiger partial charge < -0.3 is 21.5 Å². The number of aliphatic hydroxyl groups excluding tert-OH is 1. The molecule has 0 spiro atoms. The van der Waals surface area contributed by atoms with Crippen molar-refractivity contribution >= 4 is 11.5 Å². The highest BCUT2D eigenvalue weighted by molar-refractivity contribution is 6.12. The minimum Gasteiger partial charge on any atom is -0.398 e. The fraction of sp³-hybridized carbons (Fsp3) is 0.438. The first kappa shape index (κ1) is 17.1. The normalized spacial score (nSPS) is 20.7. The molecule has 7 nitrogen and oxygen atoms in total. The molecule has 23 heavy (non-hydrogen) atoms. The van der Waals surface area contributed by atoms with Crippen molar-refractivity contribution in [2.24, 2.45) is 11.5 Å². The molecule has 1 unspecified atom stereocenters. The molecule has 124 valence electrons. The highest BCUT2D eigenvalue weighted by atomic mass is 16.3. The van der Waals surface area contributed by atoms with Crippen molar-refractivity contribution in [3.05, 3.63) is 41.5 Å². The summed E-state index contributed by atoms with van der Waals surface area (Å²) in [4.78, 5) is 10.4. The van der Waals surface area contributed by atoms with E-state index in [1.165, 1.54) is 6.33 Å². The molecule has 7 heteroatoms. The molecule has 0 amide bonds. The molecule has 1 aliphatic rings. The van der Waals surface area contributed by atoms with Crippen molar-refractivity contribution in [1.29, 1.82) is 5.41 Å². The molecule has 0 aromatic carbocycles. The molecular formula is C16H24N6O. The minimum atomic E-state index is -0.333. The van der Waals surface area contributed by atoms with Crippen LogP contribution in [-0.2, 0) is 0 Å². The van der Waals surface area contributed by atoms with Gasteiger partial charge in [0.1, 0.15) is 12.1 Å². The van der Waals surface area contributed by atoms with E-state index >= 15 is 0 Å². The number of anilines is 1. The zero-order valence-corrected chi connectivity index (χ0v) is 13.5. The molecule has 2 heterocycles. The van der Waals surface area contributed by atoms with Crippen molar-refractivity contribution in [1.82, 2.24) is 9.97 Å². The molecule has 1 saturated heterocycles. The number of nitrogens with zero attached hydrogens (tertiary/aromatic N) is 3. The van der Waals surface area contributed by atoms with Gasteiger partial charge in [0.2, 0.25) is 0 Å². The third kappa shape index (κ3) is 4.14. The average molecular weight is 316 g/mol. The lowest BCUT2D eigenvalue weighted by Gasteiger charge is -2.17. The smallest absolute Gasteiger partial charge is 0.132 e. The van der Waals surface area contributed by atoms with Crippen LogP contribution in [0.5, 0.6) is 0 Å². The van der Waals surface area contributed by atoms with Gasteiger partial charge in [0.05, 0.1) is 17.5 Å². The number of rotatable bonds is 5. The van der Waals surface area contributed by atoms with Crippen LogP contribution in [-0.4, -0.2) is 46.0 Å². The Morgan fingerprint density at radius 1 is 1.52 bits per heavy atom. The quantitative estimate of drug-likeness (QED) is 0.464. The number of hydrogen-bond donors (Lipinski definition) is 4. The molecule has 1 aromatic heterocycles. The summed E-state index contributed by atoms with van der Waals surface area (Å²) in [5.74, 6) is 0.704. The zero-order valence-electron chi connectivity index (χ0n) is 13.5. The van der Waals surface area contributed by atoms with Crippen LogP contribution in [0.1, 0.15) is 26.0 Å². The van der Waals surface area contributed by atoms with Crippen LogP contribution >= 0.6 is 0 Å². The summed E-state index contributed by atoms with van der Waals surface area (Å²) in [5.41, 5.74) is 13.6. The number of aliphatic hydroxyl groups is 1. The number of allylic oxidation sites excluding steroid dienone is 2. The second kappa shape index (κ2) is 7.34. The molecule has 2 rings (SSSR count). The van der Waals surface area contributed by atoms with Gasteiger partial charge in [-0.1, -0.05) is 12.2 Å². The Hall–Kier alpha value is -2.25. The van der Waals surface area contributed by atoms with E-state index in [0.29, 0.717) is 29.3 Å².